The minimum absolute atomic E-state index is 0.0162. The highest BCUT2D eigenvalue weighted by Crippen LogP contribution is 2.35. The fourth-order valence-electron chi connectivity index (χ4n) is 4.20. The smallest absolute Gasteiger partial charge is 0.292 e. The number of rotatable bonds is 8. The van der Waals surface area contributed by atoms with Gasteiger partial charge in [0.05, 0.1) is 10.3 Å². The van der Waals surface area contributed by atoms with E-state index in [-0.39, 0.29) is 16.5 Å². The highest BCUT2D eigenvalue weighted by molar-refractivity contribution is 5.89. The summed E-state index contributed by atoms with van der Waals surface area (Å²) in [5, 5.41) is 15.0. The Labute approximate surface area is 177 Å². The average Bonchev–Trinajstić information content (AvgIpc) is 3.28. The molecule has 0 spiro atoms. The van der Waals surface area contributed by atoms with Crippen molar-refractivity contribution in [1.82, 2.24) is 10.2 Å². The molecule has 2 aromatic rings. The Morgan fingerprint density at radius 2 is 1.87 bits per heavy atom. The van der Waals surface area contributed by atoms with E-state index in [1.54, 1.807) is 19.2 Å². The number of nitrogens with one attached hydrogen (secondary N) is 1. The highest BCUT2D eigenvalue weighted by Gasteiger charge is 2.40. The average molecular weight is 411 g/mol. The zero-order valence-corrected chi connectivity index (χ0v) is 17.9. The minimum Gasteiger partial charge on any atom is -0.365 e. The highest BCUT2D eigenvalue weighted by atomic mass is 16.6. The fourth-order valence-corrected chi connectivity index (χ4v) is 4.20. The standard InChI is InChI=1S/C23H30N4O3/c1-23(17-24-2,22(28)26-13-7-8-14-26)19-11-12-20(21(15-19)27(29)30)25(3)16-18-9-5-4-6-10-18/h4-6,9-12,15,24H,7-8,13-14,16-17H2,1-3H3. The first-order valence-corrected chi connectivity index (χ1v) is 10.3. The zero-order valence-electron chi connectivity index (χ0n) is 17.9. The number of hydrogen-bond acceptors (Lipinski definition) is 5. The van der Waals surface area contributed by atoms with Crippen molar-refractivity contribution in [3.05, 3.63) is 69.8 Å². The third-order valence-electron chi connectivity index (χ3n) is 5.88. The third-order valence-corrected chi connectivity index (χ3v) is 5.88. The van der Waals surface area contributed by atoms with Crippen molar-refractivity contribution in [3.8, 4) is 0 Å². The Balaban J connectivity index is 1.96. The largest absolute Gasteiger partial charge is 0.365 e. The lowest BCUT2D eigenvalue weighted by Gasteiger charge is -2.33. The van der Waals surface area contributed by atoms with Crippen LogP contribution >= 0.6 is 0 Å². The van der Waals surface area contributed by atoms with Crippen molar-refractivity contribution in [2.75, 3.05) is 38.6 Å². The maximum atomic E-state index is 13.3. The number of hydrogen-bond donors (Lipinski definition) is 1. The monoisotopic (exact) mass is 410 g/mol. The van der Waals surface area contributed by atoms with Crippen LogP contribution in [0, 0.1) is 10.1 Å². The number of nitro groups is 1. The molecule has 7 heteroatoms. The molecule has 1 heterocycles. The molecule has 1 unspecified atom stereocenters. The van der Waals surface area contributed by atoms with Crippen LogP contribution < -0.4 is 10.2 Å². The molecule has 1 fully saturated rings. The Morgan fingerprint density at radius 1 is 1.20 bits per heavy atom. The van der Waals surface area contributed by atoms with Gasteiger partial charge in [-0.2, -0.15) is 0 Å². The summed E-state index contributed by atoms with van der Waals surface area (Å²) in [6.45, 7) is 4.34. The van der Waals surface area contributed by atoms with Crippen molar-refractivity contribution in [3.63, 3.8) is 0 Å². The lowest BCUT2D eigenvalue weighted by atomic mass is 9.80. The number of likely N-dealkylation sites (tertiary alicyclic amines) is 1. The molecule has 0 bridgehead atoms. The summed E-state index contributed by atoms with van der Waals surface area (Å²) in [5.74, 6) is 0.0223. The van der Waals surface area contributed by atoms with Crippen LogP contribution in [0.25, 0.3) is 0 Å². The summed E-state index contributed by atoms with van der Waals surface area (Å²) in [5.41, 5.74) is 1.43. The number of anilines is 1. The molecule has 1 atom stereocenters. The quantitative estimate of drug-likeness (QED) is 0.533. The van der Waals surface area contributed by atoms with E-state index in [1.807, 2.05) is 60.2 Å². The van der Waals surface area contributed by atoms with Crippen LogP contribution in [0.1, 0.15) is 30.9 Å². The van der Waals surface area contributed by atoms with Crippen molar-refractivity contribution in [1.29, 1.82) is 0 Å². The number of benzene rings is 2. The second kappa shape index (κ2) is 9.26. The second-order valence-corrected chi connectivity index (χ2v) is 8.16. The molecule has 7 nitrogen and oxygen atoms in total. The first kappa shape index (κ1) is 21.8. The van der Waals surface area contributed by atoms with Gasteiger partial charge in [0.25, 0.3) is 5.69 Å². The van der Waals surface area contributed by atoms with E-state index in [0.29, 0.717) is 24.3 Å². The van der Waals surface area contributed by atoms with Gasteiger partial charge in [-0.3, -0.25) is 14.9 Å². The van der Waals surface area contributed by atoms with E-state index in [2.05, 4.69) is 5.32 Å². The van der Waals surface area contributed by atoms with E-state index in [9.17, 15) is 14.9 Å². The van der Waals surface area contributed by atoms with Gasteiger partial charge in [-0.25, -0.2) is 0 Å². The Bertz CT molecular complexity index is 897. The van der Waals surface area contributed by atoms with E-state index >= 15 is 0 Å². The van der Waals surface area contributed by atoms with Crippen molar-refractivity contribution >= 4 is 17.3 Å². The number of likely N-dealkylation sites (N-methyl/N-ethyl adjacent to an activating group) is 1. The van der Waals surface area contributed by atoms with Gasteiger partial charge in [0.2, 0.25) is 5.91 Å². The molecule has 1 saturated heterocycles. The maximum absolute atomic E-state index is 13.3. The van der Waals surface area contributed by atoms with Gasteiger partial charge in [-0.05, 0) is 44.0 Å². The second-order valence-electron chi connectivity index (χ2n) is 8.16. The molecule has 30 heavy (non-hydrogen) atoms. The van der Waals surface area contributed by atoms with Gasteiger partial charge in [0.15, 0.2) is 0 Å². The van der Waals surface area contributed by atoms with E-state index in [1.165, 1.54) is 0 Å². The predicted octanol–water partition coefficient (Wildman–Crippen LogP) is 3.33. The Morgan fingerprint density at radius 3 is 2.47 bits per heavy atom. The topological polar surface area (TPSA) is 78.7 Å². The molecule has 2 aromatic carbocycles. The van der Waals surface area contributed by atoms with Gasteiger partial charge < -0.3 is 15.1 Å². The van der Waals surface area contributed by atoms with Crippen LogP contribution in [0.5, 0.6) is 0 Å². The van der Waals surface area contributed by atoms with Crippen LogP contribution in [-0.4, -0.2) is 49.5 Å². The summed E-state index contributed by atoms with van der Waals surface area (Å²) >= 11 is 0. The summed E-state index contributed by atoms with van der Waals surface area (Å²) in [6.07, 6.45) is 2.01. The molecule has 1 aliphatic rings. The number of carbonyl (C=O) groups excluding carboxylic acids is 1. The molecule has 160 valence electrons. The number of nitrogens with zero attached hydrogens (tertiary/aromatic N) is 3. The fraction of sp³-hybridized carbons (Fsp3) is 0.435. The van der Waals surface area contributed by atoms with Crippen LogP contribution in [0.4, 0.5) is 11.4 Å². The first-order valence-electron chi connectivity index (χ1n) is 10.3. The number of amides is 1. The van der Waals surface area contributed by atoms with Crippen molar-refractivity contribution < 1.29 is 9.72 Å². The summed E-state index contributed by atoms with van der Waals surface area (Å²) in [4.78, 5) is 28.6. The van der Waals surface area contributed by atoms with Crippen molar-refractivity contribution in [2.24, 2.45) is 0 Å². The van der Waals surface area contributed by atoms with Gasteiger partial charge in [0.1, 0.15) is 5.69 Å². The lowest BCUT2D eigenvalue weighted by molar-refractivity contribution is -0.384. The predicted molar refractivity (Wildman–Crippen MR) is 119 cm³/mol. The minimum atomic E-state index is -0.861. The molecule has 1 amide bonds. The van der Waals surface area contributed by atoms with Gasteiger partial charge >= 0.3 is 0 Å². The summed E-state index contributed by atoms with van der Waals surface area (Å²) in [7, 11) is 3.64. The lowest BCUT2D eigenvalue weighted by Crippen LogP contribution is -2.49. The first-order chi connectivity index (χ1) is 14.4. The van der Waals surface area contributed by atoms with Crippen LogP contribution in [-0.2, 0) is 16.8 Å². The van der Waals surface area contributed by atoms with E-state index in [4.69, 9.17) is 0 Å². The Hall–Kier alpha value is -2.93. The summed E-state index contributed by atoms with van der Waals surface area (Å²) < 4.78 is 0. The molecule has 0 radical (unpaired) electrons. The molecule has 0 aliphatic carbocycles. The number of carbonyl (C=O) groups is 1. The number of nitro benzene ring substituents is 1. The molecule has 1 aliphatic heterocycles. The molecular weight excluding hydrogens is 380 g/mol. The third kappa shape index (κ3) is 4.46. The van der Waals surface area contributed by atoms with Crippen molar-refractivity contribution in [2.45, 2.75) is 31.7 Å². The summed E-state index contributed by atoms with van der Waals surface area (Å²) in [6, 6.07) is 15.0. The Kier molecular flexibility index (Phi) is 6.72. The van der Waals surface area contributed by atoms with Crippen LogP contribution in [0.2, 0.25) is 0 Å². The van der Waals surface area contributed by atoms with E-state index < -0.39 is 5.41 Å². The molecule has 0 aromatic heterocycles. The van der Waals surface area contributed by atoms with Gasteiger partial charge in [-0.15, -0.1) is 0 Å². The normalized spacial score (nSPS) is 15.6. The molecule has 3 rings (SSSR count). The van der Waals surface area contributed by atoms with Crippen LogP contribution in [0.15, 0.2) is 48.5 Å². The molecule has 0 saturated carbocycles. The molecular formula is C23H30N4O3. The molecule has 1 N–H and O–H groups in total. The van der Waals surface area contributed by atoms with Gasteiger partial charge in [0, 0.05) is 39.3 Å². The zero-order chi connectivity index (χ0) is 21.7. The van der Waals surface area contributed by atoms with Gasteiger partial charge in [-0.1, -0.05) is 36.4 Å². The maximum Gasteiger partial charge on any atom is 0.292 e. The van der Waals surface area contributed by atoms with E-state index in [0.717, 1.165) is 31.5 Å². The SMILES string of the molecule is CNCC(C)(C(=O)N1CCCC1)c1ccc(N(C)Cc2ccccc2)c([N+](=O)[O-])c1. The van der Waals surface area contributed by atoms with Crippen LogP contribution in [0.3, 0.4) is 0 Å².